The fraction of sp³-hybridized carbons (Fsp3) is 0.556. The maximum absolute atomic E-state index is 12.1. The summed E-state index contributed by atoms with van der Waals surface area (Å²) in [5.74, 6) is 1.27. The maximum atomic E-state index is 12.1. The van der Waals surface area contributed by atoms with Gasteiger partial charge in [-0.1, -0.05) is 0 Å². The van der Waals surface area contributed by atoms with Crippen LogP contribution in [0.1, 0.15) is 33.6 Å². The van der Waals surface area contributed by atoms with E-state index in [2.05, 4.69) is 15.2 Å². The molecule has 26 heavy (non-hydrogen) atoms. The summed E-state index contributed by atoms with van der Waals surface area (Å²) in [7, 11) is 0. The first-order valence-electron chi connectivity index (χ1n) is 8.81. The molecule has 0 radical (unpaired) electrons. The standard InChI is InChI=1S/C18H25N5O3/c1-18(2,3)26-17(24)23-8-6-12(7-9-23)11-25-13-4-5-14-15(10-13)20-16(19)22-21-14/h4-5,10,12H,6-9,11H2,1-3H3,(H2,19,20,22). The van der Waals surface area contributed by atoms with Crippen molar-refractivity contribution in [3.05, 3.63) is 18.2 Å². The number of hydrogen-bond acceptors (Lipinski definition) is 7. The molecule has 0 bridgehead atoms. The Morgan fingerprint density at radius 3 is 2.65 bits per heavy atom. The zero-order valence-electron chi connectivity index (χ0n) is 15.4. The third kappa shape index (κ3) is 4.71. The van der Waals surface area contributed by atoms with Gasteiger partial charge in [-0.05, 0) is 51.7 Å². The third-order valence-corrected chi connectivity index (χ3v) is 4.19. The van der Waals surface area contributed by atoms with Crippen LogP contribution in [-0.4, -0.2) is 51.5 Å². The second kappa shape index (κ2) is 7.31. The first-order valence-corrected chi connectivity index (χ1v) is 8.81. The monoisotopic (exact) mass is 359 g/mol. The van der Waals surface area contributed by atoms with Crippen LogP contribution in [0.4, 0.5) is 10.7 Å². The molecule has 1 aromatic carbocycles. The second-order valence-electron chi connectivity index (χ2n) is 7.54. The Morgan fingerprint density at radius 1 is 1.23 bits per heavy atom. The number of likely N-dealkylation sites (tertiary alicyclic amines) is 1. The molecule has 1 saturated heterocycles. The van der Waals surface area contributed by atoms with Crippen LogP contribution in [0.5, 0.6) is 5.75 Å². The van der Waals surface area contributed by atoms with Gasteiger partial charge in [0.05, 0.1) is 12.1 Å². The molecule has 140 valence electrons. The number of nitrogens with two attached hydrogens (primary N) is 1. The largest absolute Gasteiger partial charge is 0.493 e. The third-order valence-electron chi connectivity index (χ3n) is 4.19. The number of anilines is 1. The number of carbonyl (C=O) groups excluding carboxylic acids is 1. The van der Waals surface area contributed by atoms with Gasteiger partial charge < -0.3 is 20.1 Å². The summed E-state index contributed by atoms with van der Waals surface area (Å²) in [6.45, 7) is 7.61. The van der Waals surface area contributed by atoms with Crippen LogP contribution in [0.25, 0.3) is 11.0 Å². The van der Waals surface area contributed by atoms with Crippen LogP contribution < -0.4 is 10.5 Å². The molecule has 0 saturated carbocycles. The van der Waals surface area contributed by atoms with Crippen LogP contribution in [0.2, 0.25) is 0 Å². The molecule has 8 heteroatoms. The van der Waals surface area contributed by atoms with Gasteiger partial charge in [0.15, 0.2) is 0 Å². The topological polar surface area (TPSA) is 103 Å². The van der Waals surface area contributed by atoms with Gasteiger partial charge in [-0.15, -0.1) is 10.2 Å². The van der Waals surface area contributed by atoms with Gasteiger partial charge in [0, 0.05) is 19.2 Å². The lowest BCUT2D eigenvalue weighted by atomic mass is 9.98. The summed E-state index contributed by atoms with van der Waals surface area (Å²) in [5.41, 5.74) is 6.45. The molecule has 2 N–H and O–H groups in total. The van der Waals surface area contributed by atoms with Gasteiger partial charge in [0.25, 0.3) is 0 Å². The average molecular weight is 359 g/mol. The van der Waals surface area contributed by atoms with Gasteiger partial charge in [0.1, 0.15) is 16.9 Å². The highest BCUT2D eigenvalue weighted by atomic mass is 16.6. The number of nitrogens with zero attached hydrogens (tertiary/aromatic N) is 4. The summed E-state index contributed by atoms with van der Waals surface area (Å²) >= 11 is 0. The Labute approximate surface area is 152 Å². The molecular formula is C18H25N5O3. The van der Waals surface area contributed by atoms with E-state index < -0.39 is 5.60 Å². The van der Waals surface area contributed by atoms with E-state index >= 15 is 0 Å². The molecule has 2 heterocycles. The van der Waals surface area contributed by atoms with Crippen LogP contribution >= 0.6 is 0 Å². The van der Waals surface area contributed by atoms with Gasteiger partial charge in [-0.3, -0.25) is 0 Å². The minimum Gasteiger partial charge on any atom is -0.493 e. The summed E-state index contributed by atoms with van der Waals surface area (Å²) in [4.78, 5) is 18.0. The fourth-order valence-electron chi connectivity index (χ4n) is 2.84. The minimum absolute atomic E-state index is 0.143. The smallest absolute Gasteiger partial charge is 0.410 e. The molecule has 0 spiro atoms. The fourth-order valence-corrected chi connectivity index (χ4v) is 2.84. The van der Waals surface area contributed by atoms with Gasteiger partial charge >= 0.3 is 6.09 Å². The minimum atomic E-state index is -0.463. The number of rotatable bonds is 3. The number of fused-ring (bicyclic) bond motifs is 1. The molecule has 1 fully saturated rings. The number of benzene rings is 1. The molecule has 0 aliphatic carbocycles. The van der Waals surface area contributed by atoms with E-state index in [-0.39, 0.29) is 12.0 Å². The number of carbonyl (C=O) groups is 1. The number of piperidine rings is 1. The van der Waals surface area contributed by atoms with E-state index in [1.165, 1.54) is 0 Å². The van der Waals surface area contributed by atoms with E-state index in [9.17, 15) is 4.79 Å². The molecule has 0 atom stereocenters. The number of amides is 1. The van der Waals surface area contributed by atoms with Crippen molar-refractivity contribution in [3.63, 3.8) is 0 Å². The summed E-state index contributed by atoms with van der Waals surface area (Å²) in [6.07, 6.45) is 1.55. The van der Waals surface area contributed by atoms with Gasteiger partial charge in [0.2, 0.25) is 5.95 Å². The highest BCUT2D eigenvalue weighted by molar-refractivity contribution is 5.76. The Hall–Kier alpha value is -2.64. The van der Waals surface area contributed by atoms with E-state index in [1.54, 1.807) is 4.90 Å². The SMILES string of the molecule is CC(C)(C)OC(=O)N1CCC(COc2ccc3nnc(N)nc3c2)CC1. The van der Waals surface area contributed by atoms with E-state index in [0.717, 1.165) is 18.6 Å². The lowest BCUT2D eigenvalue weighted by Crippen LogP contribution is -2.42. The summed E-state index contributed by atoms with van der Waals surface area (Å²) in [5, 5.41) is 7.71. The molecule has 1 amide bonds. The molecule has 1 aliphatic rings. The Bertz CT molecular complexity index is 782. The molecule has 1 aromatic heterocycles. The molecule has 0 unspecified atom stereocenters. The van der Waals surface area contributed by atoms with E-state index in [1.807, 2.05) is 39.0 Å². The van der Waals surface area contributed by atoms with Crippen molar-refractivity contribution >= 4 is 23.1 Å². The highest BCUT2D eigenvalue weighted by Crippen LogP contribution is 2.23. The van der Waals surface area contributed by atoms with Gasteiger partial charge in [-0.25, -0.2) is 9.78 Å². The molecule has 3 rings (SSSR count). The number of hydrogen-bond donors (Lipinski definition) is 1. The molecular weight excluding hydrogens is 334 g/mol. The zero-order chi connectivity index (χ0) is 18.7. The van der Waals surface area contributed by atoms with E-state index in [4.69, 9.17) is 15.2 Å². The van der Waals surface area contributed by atoms with Crippen LogP contribution in [0, 0.1) is 5.92 Å². The number of ether oxygens (including phenoxy) is 2. The van der Waals surface area contributed by atoms with Crippen molar-refractivity contribution in [2.45, 2.75) is 39.2 Å². The highest BCUT2D eigenvalue weighted by Gasteiger charge is 2.27. The quantitative estimate of drug-likeness (QED) is 0.898. The Morgan fingerprint density at radius 2 is 1.96 bits per heavy atom. The first-order chi connectivity index (χ1) is 12.3. The van der Waals surface area contributed by atoms with Crippen molar-refractivity contribution in [1.82, 2.24) is 20.1 Å². The second-order valence-corrected chi connectivity index (χ2v) is 7.54. The number of nitrogen functional groups attached to an aromatic ring is 1. The van der Waals surface area contributed by atoms with Crippen LogP contribution in [0.15, 0.2) is 18.2 Å². The van der Waals surface area contributed by atoms with E-state index in [0.29, 0.717) is 36.6 Å². The van der Waals surface area contributed by atoms with Crippen LogP contribution in [-0.2, 0) is 4.74 Å². The Kier molecular flexibility index (Phi) is 5.11. The van der Waals surface area contributed by atoms with Crippen molar-refractivity contribution in [1.29, 1.82) is 0 Å². The first kappa shape index (κ1) is 18.2. The molecule has 1 aliphatic heterocycles. The summed E-state index contributed by atoms with van der Waals surface area (Å²) < 4.78 is 11.3. The molecule has 2 aromatic rings. The maximum Gasteiger partial charge on any atom is 0.410 e. The predicted molar refractivity (Wildman–Crippen MR) is 97.8 cm³/mol. The van der Waals surface area contributed by atoms with Crippen molar-refractivity contribution in [2.75, 3.05) is 25.4 Å². The van der Waals surface area contributed by atoms with Crippen LogP contribution in [0.3, 0.4) is 0 Å². The van der Waals surface area contributed by atoms with Crippen molar-refractivity contribution in [3.8, 4) is 5.75 Å². The zero-order valence-corrected chi connectivity index (χ0v) is 15.4. The molecule has 8 nitrogen and oxygen atoms in total. The summed E-state index contributed by atoms with van der Waals surface area (Å²) in [6, 6.07) is 5.48. The van der Waals surface area contributed by atoms with Crippen molar-refractivity contribution in [2.24, 2.45) is 5.92 Å². The van der Waals surface area contributed by atoms with Gasteiger partial charge in [-0.2, -0.15) is 0 Å². The predicted octanol–water partition coefficient (Wildman–Crippen LogP) is 2.63. The van der Waals surface area contributed by atoms with Crippen molar-refractivity contribution < 1.29 is 14.3 Å². The number of aromatic nitrogens is 3. The average Bonchev–Trinajstić information content (AvgIpc) is 2.58. The normalized spacial score (nSPS) is 15.9. The lowest BCUT2D eigenvalue weighted by Gasteiger charge is -2.33. The Balaban J connectivity index is 1.50. The lowest BCUT2D eigenvalue weighted by molar-refractivity contribution is 0.0165.